The Labute approximate surface area is 219 Å². The predicted molar refractivity (Wildman–Crippen MR) is 153 cm³/mol. The molecule has 0 bridgehead atoms. The number of unbranched alkanes of at least 4 members (excludes halogenated alkanes) is 24. The minimum absolute atomic E-state index is 0.165. The minimum Gasteiger partial charge on any atom is -0.462 e. The predicted octanol–water partition coefficient (Wildman–Crippen LogP) is 10.2. The van der Waals surface area contributed by atoms with Crippen molar-refractivity contribution >= 4 is 5.97 Å². The van der Waals surface area contributed by atoms with Crippen molar-refractivity contribution < 1.29 is 14.6 Å². The molecule has 0 saturated carbocycles. The smallest absolute Gasteiger partial charge is 0.333 e. The Morgan fingerprint density at radius 3 is 1.03 bits per heavy atom. The number of aliphatic hydroxyl groups is 1. The van der Waals surface area contributed by atoms with Gasteiger partial charge in [0.05, 0.1) is 6.61 Å². The number of hydrogen-bond donors (Lipinski definition) is 1. The fourth-order valence-corrected chi connectivity index (χ4v) is 4.68. The van der Waals surface area contributed by atoms with E-state index in [2.05, 4.69) is 0 Å². The van der Waals surface area contributed by atoms with Crippen LogP contribution in [-0.2, 0) is 9.53 Å². The van der Waals surface area contributed by atoms with Crippen LogP contribution < -0.4 is 0 Å². The molecule has 0 aliphatic carbocycles. The third-order valence-corrected chi connectivity index (χ3v) is 7.29. The second-order valence-corrected chi connectivity index (χ2v) is 10.7. The summed E-state index contributed by atoms with van der Waals surface area (Å²) in [6, 6.07) is 0. The maximum Gasteiger partial charge on any atom is 0.333 e. The van der Waals surface area contributed by atoms with Gasteiger partial charge in [-0.2, -0.15) is 0 Å². The van der Waals surface area contributed by atoms with Gasteiger partial charge in [-0.1, -0.05) is 154 Å². The first-order valence-electron chi connectivity index (χ1n) is 15.6. The van der Waals surface area contributed by atoms with Crippen LogP contribution >= 0.6 is 0 Å². The lowest BCUT2D eigenvalue weighted by Crippen LogP contribution is -2.06. The zero-order valence-electron chi connectivity index (χ0n) is 23.9. The second kappa shape index (κ2) is 29.4. The van der Waals surface area contributed by atoms with Gasteiger partial charge < -0.3 is 9.84 Å². The van der Waals surface area contributed by atoms with Crippen molar-refractivity contribution in [3.63, 3.8) is 0 Å². The summed E-state index contributed by atoms with van der Waals surface area (Å²) in [5, 5.41) is 8.77. The molecule has 0 spiro atoms. The molecule has 0 unspecified atom stereocenters. The quantitative estimate of drug-likeness (QED) is 0.0668. The number of aliphatic hydroxyl groups excluding tert-OH is 1. The summed E-state index contributed by atoms with van der Waals surface area (Å²) in [6.07, 6.45) is 35.7. The molecule has 3 heteroatoms. The van der Waals surface area contributed by atoms with Gasteiger partial charge in [-0.05, 0) is 26.7 Å². The van der Waals surface area contributed by atoms with Crippen LogP contribution in [0.25, 0.3) is 0 Å². The summed E-state index contributed by atoms with van der Waals surface area (Å²) < 4.78 is 5.24. The van der Waals surface area contributed by atoms with Crippen LogP contribution in [0.2, 0.25) is 0 Å². The zero-order valence-corrected chi connectivity index (χ0v) is 23.9. The summed E-state index contributed by atoms with van der Waals surface area (Å²) in [4.78, 5) is 11.5. The van der Waals surface area contributed by atoms with E-state index in [-0.39, 0.29) is 5.97 Å². The number of allylic oxidation sites excluding steroid dienone is 1. The summed E-state index contributed by atoms with van der Waals surface area (Å²) in [5.41, 5.74) is 0.704. The number of esters is 1. The summed E-state index contributed by atoms with van der Waals surface area (Å²) >= 11 is 0. The Morgan fingerprint density at radius 1 is 0.514 bits per heavy atom. The van der Waals surface area contributed by atoms with Gasteiger partial charge in [-0.3, -0.25) is 0 Å². The molecule has 0 rings (SSSR count). The molecule has 0 aromatic carbocycles. The topological polar surface area (TPSA) is 46.5 Å². The first-order valence-corrected chi connectivity index (χ1v) is 15.6. The zero-order chi connectivity index (χ0) is 25.7. The van der Waals surface area contributed by atoms with Crippen molar-refractivity contribution in [2.45, 2.75) is 174 Å². The van der Waals surface area contributed by atoms with Gasteiger partial charge in [0.2, 0.25) is 0 Å². The van der Waals surface area contributed by atoms with E-state index >= 15 is 0 Å². The van der Waals surface area contributed by atoms with E-state index in [1.165, 1.54) is 148 Å². The average Bonchev–Trinajstić information content (AvgIpc) is 2.87. The highest BCUT2D eigenvalue weighted by Crippen LogP contribution is 2.15. The summed E-state index contributed by atoms with van der Waals surface area (Å²) in [5.74, 6) is -0.165. The van der Waals surface area contributed by atoms with Crippen molar-refractivity contribution in [2.24, 2.45) is 0 Å². The largest absolute Gasteiger partial charge is 0.462 e. The molecule has 0 aromatic rings. The lowest BCUT2D eigenvalue weighted by molar-refractivity contribution is -0.139. The monoisotopic (exact) mass is 494 g/mol. The van der Waals surface area contributed by atoms with Gasteiger partial charge in [-0.15, -0.1) is 0 Å². The Kier molecular flexibility index (Phi) is 28.7. The van der Waals surface area contributed by atoms with Gasteiger partial charge in [0, 0.05) is 12.2 Å². The van der Waals surface area contributed by atoms with Gasteiger partial charge in [0.15, 0.2) is 0 Å². The maximum atomic E-state index is 11.5. The van der Waals surface area contributed by atoms with E-state index in [1.807, 2.05) is 6.92 Å². The number of carbonyl (C=O) groups is 1. The van der Waals surface area contributed by atoms with Crippen molar-refractivity contribution in [1.82, 2.24) is 0 Å². The fraction of sp³-hybridized carbons (Fsp3) is 0.906. The van der Waals surface area contributed by atoms with Crippen molar-refractivity contribution in [1.29, 1.82) is 0 Å². The molecule has 1 N–H and O–H groups in total. The second-order valence-electron chi connectivity index (χ2n) is 10.7. The number of hydrogen-bond acceptors (Lipinski definition) is 3. The Bertz CT molecular complexity index is 458. The number of carbonyl (C=O) groups excluding carboxylic acids is 1. The Hall–Kier alpha value is -0.830. The molecular weight excluding hydrogens is 432 g/mol. The lowest BCUT2D eigenvalue weighted by Gasteiger charge is -2.05. The van der Waals surface area contributed by atoms with Gasteiger partial charge >= 0.3 is 5.97 Å². The molecule has 208 valence electrons. The SMILES string of the molecule is CC=C(C)C(=O)OCCCCCCCCCCCCCCCCCCCCCCCCCCCO. The summed E-state index contributed by atoms with van der Waals surface area (Å²) in [6.45, 7) is 4.61. The molecule has 0 aromatic heterocycles. The molecule has 35 heavy (non-hydrogen) atoms. The van der Waals surface area contributed by atoms with Gasteiger partial charge in [0.25, 0.3) is 0 Å². The van der Waals surface area contributed by atoms with Crippen LogP contribution in [0.5, 0.6) is 0 Å². The highest BCUT2D eigenvalue weighted by atomic mass is 16.5. The van der Waals surface area contributed by atoms with E-state index in [0.717, 1.165) is 12.8 Å². The molecule has 0 atom stereocenters. The van der Waals surface area contributed by atoms with Crippen LogP contribution in [0, 0.1) is 0 Å². The van der Waals surface area contributed by atoms with E-state index in [9.17, 15) is 4.79 Å². The molecule has 0 amide bonds. The Morgan fingerprint density at radius 2 is 0.771 bits per heavy atom. The van der Waals surface area contributed by atoms with Crippen LogP contribution in [0.1, 0.15) is 174 Å². The molecule has 0 aliphatic rings. The molecular formula is C32H62O3. The van der Waals surface area contributed by atoms with Gasteiger partial charge in [-0.25, -0.2) is 4.79 Å². The first kappa shape index (κ1) is 34.2. The van der Waals surface area contributed by atoms with Crippen LogP contribution in [-0.4, -0.2) is 24.3 Å². The standard InChI is InChI=1S/C32H62O3/c1-3-31(2)32(34)35-30-28-26-24-22-20-18-16-14-12-10-8-6-4-5-7-9-11-13-15-17-19-21-23-25-27-29-33/h3,33H,4-30H2,1-2H3. The van der Waals surface area contributed by atoms with Crippen molar-refractivity contribution in [2.75, 3.05) is 13.2 Å². The van der Waals surface area contributed by atoms with E-state index in [1.54, 1.807) is 13.0 Å². The lowest BCUT2D eigenvalue weighted by atomic mass is 10.0. The van der Waals surface area contributed by atoms with Crippen molar-refractivity contribution in [3.05, 3.63) is 11.6 Å². The molecule has 0 radical (unpaired) electrons. The number of ether oxygens (including phenoxy) is 1. The third-order valence-electron chi connectivity index (χ3n) is 7.29. The first-order chi connectivity index (χ1) is 17.2. The number of rotatable bonds is 28. The van der Waals surface area contributed by atoms with Gasteiger partial charge in [0.1, 0.15) is 0 Å². The molecule has 0 aliphatic heterocycles. The van der Waals surface area contributed by atoms with Crippen LogP contribution in [0.4, 0.5) is 0 Å². The van der Waals surface area contributed by atoms with E-state index in [4.69, 9.17) is 9.84 Å². The summed E-state index contributed by atoms with van der Waals surface area (Å²) in [7, 11) is 0. The molecule has 3 nitrogen and oxygen atoms in total. The van der Waals surface area contributed by atoms with E-state index in [0.29, 0.717) is 18.8 Å². The van der Waals surface area contributed by atoms with Crippen molar-refractivity contribution in [3.8, 4) is 0 Å². The normalized spacial score (nSPS) is 11.8. The molecule has 0 saturated heterocycles. The average molecular weight is 495 g/mol. The highest BCUT2D eigenvalue weighted by molar-refractivity contribution is 5.87. The van der Waals surface area contributed by atoms with Crippen LogP contribution in [0.15, 0.2) is 11.6 Å². The molecule has 0 fully saturated rings. The maximum absolute atomic E-state index is 11.5. The minimum atomic E-state index is -0.165. The Balaban J connectivity index is 3.08. The van der Waals surface area contributed by atoms with E-state index < -0.39 is 0 Å². The molecule has 0 heterocycles. The third kappa shape index (κ3) is 27.6. The fourth-order valence-electron chi connectivity index (χ4n) is 4.68. The highest BCUT2D eigenvalue weighted by Gasteiger charge is 2.03. The van der Waals surface area contributed by atoms with Crippen LogP contribution in [0.3, 0.4) is 0 Å².